The summed E-state index contributed by atoms with van der Waals surface area (Å²) in [6.07, 6.45) is 4.05. The largest absolute Gasteiger partial charge is 0.328 e. The maximum atomic E-state index is 11.1. The van der Waals surface area contributed by atoms with Gasteiger partial charge in [-0.2, -0.15) is 8.42 Å². The smallest absolute Gasteiger partial charge is 0.276 e. The summed E-state index contributed by atoms with van der Waals surface area (Å²) in [4.78, 5) is 0. The van der Waals surface area contributed by atoms with Gasteiger partial charge in [0.2, 0.25) is 0 Å². The predicted octanol–water partition coefficient (Wildman–Crippen LogP) is -0.442. The van der Waals surface area contributed by atoms with Gasteiger partial charge in [0.1, 0.15) is 0 Å². The van der Waals surface area contributed by atoms with Crippen molar-refractivity contribution in [3.63, 3.8) is 0 Å². The van der Waals surface area contributed by atoms with E-state index in [4.69, 9.17) is 5.73 Å². The summed E-state index contributed by atoms with van der Waals surface area (Å²) in [5.74, 6) is 0.443. The van der Waals surface area contributed by atoms with Crippen molar-refractivity contribution in [1.82, 2.24) is 9.44 Å². The lowest BCUT2D eigenvalue weighted by Crippen LogP contribution is -2.39. The molecule has 1 rings (SSSR count). The number of nitrogens with two attached hydrogens (primary N) is 1. The van der Waals surface area contributed by atoms with Crippen molar-refractivity contribution < 1.29 is 8.42 Å². The normalized spacial score (nSPS) is 29.0. The second kappa shape index (κ2) is 5.06. The molecule has 1 aliphatic carbocycles. The average Bonchev–Trinajstić information content (AvgIpc) is 2.17. The molecular formula is C8H19N3O2S. The third-order valence-corrected chi connectivity index (χ3v) is 3.81. The molecule has 0 aromatic rings. The Bertz CT molecular complexity index is 258. The zero-order valence-corrected chi connectivity index (χ0v) is 9.31. The van der Waals surface area contributed by atoms with Crippen molar-refractivity contribution in [2.24, 2.45) is 11.7 Å². The van der Waals surface area contributed by atoms with Crippen LogP contribution in [0.3, 0.4) is 0 Å². The van der Waals surface area contributed by atoms with Crippen molar-refractivity contribution in [1.29, 1.82) is 0 Å². The van der Waals surface area contributed by atoms with Gasteiger partial charge in [-0.25, -0.2) is 9.44 Å². The Labute approximate surface area is 85.6 Å². The molecule has 0 radical (unpaired) electrons. The van der Waals surface area contributed by atoms with Crippen molar-refractivity contribution in [2.45, 2.75) is 31.7 Å². The summed E-state index contributed by atoms with van der Waals surface area (Å²) in [6, 6.07) is 0.312. The fourth-order valence-electron chi connectivity index (χ4n) is 1.69. The maximum absolute atomic E-state index is 11.1. The number of hydrogen-bond donors (Lipinski definition) is 3. The van der Waals surface area contributed by atoms with E-state index in [0.29, 0.717) is 18.5 Å². The highest BCUT2D eigenvalue weighted by Crippen LogP contribution is 2.22. The third-order valence-electron chi connectivity index (χ3n) is 2.72. The zero-order valence-electron chi connectivity index (χ0n) is 8.49. The molecule has 0 amide bonds. The molecule has 5 nitrogen and oxygen atoms in total. The van der Waals surface area contributed by atoms with Gasteiger partial charge in [-0.05, 0) is 31.6 Å². The van der Waals surface area contributed by atoms with Gasteiger partial charge >= 0.3 is 0 Å². The van der Waals surface area contributed by atoms with Crippen LogP contribution in [0.2, 0.25) is 0 Å². The van der Waals surface area contributed by atoms with E-state index in [2.05, 4.69) is 9.44 Å². The molecule has 0 aromatic carbocycles. The predicted molar refractivity (Wildman–Crippen MR) is 55.9 cm³/mol. The minimum Gasteiger partial charge on any atom is -0.328 e. The van der Waals surface area contributed by atoms with E-state index in [9.17, 15) is 8.42 Å². The molecule has 0 aromatic heterocycles. The second-order valence-corrected chi connectivity index (χ2v) is 5.54. The monoisotopic (exact) mass is 221 g/mol. The standard InChI is InChI=1S/C8H19N3O2S/c1-10-14(12,13)11-6-7-2-4-8(9)5-3-7/h7-8,10-11H,2-6,9H2,1H3. The van der Waals surface area contributed by atoms with Crippen LogP contribution in [0, 0.1) is 5.92 Å². The van der Waals surface area contributed by atoms with E-state index in [1.165, 1.54) is 7.05 Å². The van der Waals surface area contributed by atoms with Gasteiger partial charge in [-0.15, -0.1) is 0 Å². The lowest BCUT2D eigenvalue weighted by Gasteiger charge is -2.25. The van der Waals surface area contributed by atoms with E-state index in [-0.39, 0.29) is 0 Å². The topological polar surface area (TPSA) is 84.2 Å². The van der Waals surface area contributed by atoms with E-state index in [1.54, 1.807) is 0 Å². The third kappa shape index (κ3) is 3.91. The van der Waals surface area contributed by atoms with Gasteiger partial charge in [0, 0.05) is 19.6 Å². The average molecular weight is 221 g/mol. The molecule has 6 heteroatoms. The van der Waals surface area contributed by atoms with Crippen LogP contribution in [0.25, 0.3) is 0 Å². The summed E-state index contributed by atoms with van der Waals surface area (Å²) in [7, 11) is -1.86. The molecule has 0 bridgehead atoms. The number of nitrogens with one attached hydrogen (secondary N) is 2. The van der Waals surface area contributed by atoms with Gasteiger partial charge in [0.25, 0.3) is 10.2 Å². The quantitative estimate of drug-likeness (QED) is 0.601. The molecule has 0 unspecified atom stereocenters. The Kier molecular flexibility index (Phi) is 4.31. The first kappa shape index (κ1) is 11.9. The van der Waals surface area contributed by atoms with Crippen LogP contribution < -0.4 is 15.2 Å². The Hall–Kier alpha value is -0.170. The molecule has 0 heterocycles. The van der Waals surface area contributed by atoms with Crippen LogP contribution in [0.5, 0.6) is 0 Å². The van der Waals surface area contributed by atoms with E-state index < -0.39 is 10.2 Å². The van der Waals surface area contributed by atoms with Crippen LogP contribution in [-0.2, 0) is 10.2 Å². The maximum Gasteiger partial charge on any atom is 0.276 e. The van der Waals surface area contributed by atoms with Crippen LogP contribution in [0.15, 0.2) is 0 Å². The first-order valence-corrected chi connectivity index (χ1v) is 6.45. The van der Waals surface area contributed by atoms with Crippen LogP contribution in [0.4, 0.5) is 0 Å². The van der Waals surface area contributed by atoms with E-state index in [0.717, 1.165) is 25.7 Å². The molecule has 1 aliphatic rings. The minimum absolute atomic E-state index is 0.312. The Balaban J connectivity index is 2.26. The van der Waals surface area contributed by atoms with Gasteiger partial charge in [-0.3, -0.25) is 0 Å². The van der Waals surface area contributed by atoms with Crippen molar-refractivity contribution in [3.05, 3.63) is 0 Å². The molecule has 0 spiro atoms. The number of hydrogen-bond acceptors (Lipinski definition) is 3. The van der Waals surface area contributed by atoms with Crippen molar-refractivity contribution in [3.8, 4) is 0 Å². The van der Waals surface area contributed by atoms with Crippen molar-refractivity contribution in [2.75, 3.05) is 13.6 Å². The van der Waals surface area contributed by atoms with Crippen molar-refractivity contribution >= 4 is 10.2 Å². The highest BCUT2D eigenvalue weighted by molar-refractivity contribution is 7.87. The summed E-state index contributed by atoms with van der Waals surface area (Å²) in [5.41, 5.74) is 5.75. The molecule has 0 aliphatic heterocycles. The fraction of sp³-hybridized carbons (Fsp3) is 1.00. The SMILES string of the molecule is CNS(=O)(=O)NCC1CCC(N)CC1. The lowest BCUT2D eigenvalue weighted by molar-refractivity contribution is 0.326. The molecule has 1 fully saturated rings. The molecular weight excluding hydrogens is 202 g/mol. The molecule has 4 N–H and O–H groups in total. The molecule has 84 valence electrons. The lowest BCUT2D eigenvalue weighted by atomic mass is 9.87. The molecule has 1 saturated carbocycles. The molecule has 0 saturated heterocycles. The fourth-order valence-corrected chi connectivity index (χ4v) is 2.29. The zero-order chi connectivity index (χ0) is 10.6. The summed E-state index contributed by atoms with van der Waals surface area (Å²) < 4.78 is 26.9. The second-order valence-electron chi connectivity index (χ2n) is 3.84. The summed E-state index contributed by atoms with van der Waals surface area (Å²) in [5, 5.41) is 0. The molecule has 0 atom stereocenters. The first-order valence-electron chi connectivity index (χ1n) is 4.97. The minimum atomic E-state index is -3.26. The Morgan fingerprint density at radius 3 is 2.36 bits per heavy atom. The van der Waals surface area contributed by atoms with Crippen LogP contribution in [-0.4, -0.2) is 28.1 Å². The Morgan fingerprint density at radius 2 is 1.86 bits per heavy atom. The number of rotatable bonds is 4. The highest BCUT2D eigenvalue weighted by Gasteiger charge is 2.19. The van der Waals surface area contributed by atoms with Gasteiger partial charge in [0.05, 0.1) is 0 Å². The Morgan fingerprint density at radius 1 is 1.29 bits per heavy atom. The van der Waals surface area contributed by atoms with Gasteiger partial charge in [-0.1, -0.05) is 0 Å². The molecule has 14 heavy (non-hydrogen) atoms. The first-order chi connectivity index (χ1) is 6.53. The van der Waals surface area contributed by atoms with E-state index >= 15 is 0 Å². The van der Waals surface area contributed by atoms with Crippen LogP contribution >= 0.6 is 0 Å². The van der Waals surface area contributed by atoms with Crippen LogP contribution in [0.1, 0.15) is 25.7 Å². The summed E-state index contributed by atoms with van der Waals surface area (Å²) in [6.45, 7) is 0.524. The summed E-state index contributed by atoms with van der Waals surface area (Å²) >= 11 is 0. The van der Waals surface area contributed by atoms with E-state index in [1.807, 2.05) is 0 Å². The van der Waals surface area contributed by atoms with Gasteiger partial charge < -0.3 is 5.73 Å². The highest BCUT2D eigenvalue weighted by atomic mass is 32.2. The van der Waals surface area contributed by atoms with Gasteiger partial charge in [0.15, 0.2) is 0 Å².